The molecule has 0 amide bonds. The van der Waals surface area contributed by atoms with E-state index in [-0.39, 0.29) is 0 Å². The van der Waals surface area contributed by atoms with Crippen LogP contribution in [0.5, 0.6) is 0 Å². The third kappa shape index (κ3) is 1.31. The number of aryl methyl sites for hydroxylation is 1. The Bertz CT molecular complexity index is 331. The summed E-state index contributed by atoms with van der Waals surface area (Å²) >= 11 is 0. The van der Waals surface area contributed by atoms with Crippen molar-refractivity contribution in [3.05, 3.63) is 12.3 Å². The molecule has 2 fully saturated rings. The van der Waals surface area contributed by atoms with Crippen molar-refractivity contribution in [2.45, 2.75) is 31.7 Å². The molecule has 2 aliphatic carbocycles. The van der Waals surface area contributed by atoms with E-state index in [1.165, 1.54) is 25.7 Å². The Kier molecular flexibility index (Phi) is 1.79. The number of hydrogen-bond donors (Lipinski definition) is 1. The zero-order valence-electron chi connectivity index (χ0n) is 8.61. The molecule has 1 N–H and O–H groups in total. The zero-order chi connectivity index (χ0) is 9.54. The smallest absolute Gasteiger partial charge is 0.148 e. The van der Waals surface area contributed by atoms with Crippen molar-refractivity contribution in [1.29, 1.82) is 0 Å². The SMILES string of the molecule is Cn1ccc(N[C@H]2C[C@H]3CC[C@H]2C3)n1. The highest BCUT2D eigenvalue weighted by Gasteiger charge is 2.39. The van der Waals surface area contributed by atoms with Crippen LogP contribution >= 0.6 is 0 Å². The van der Waals surface area contributed by atoms with Gasteiger partial charge in [-0.25, -0.2) is 0 Å². The summed E-state index contributed by atoms with van der Waals surface area (Å²) in [5.41, 5.74) is 0. The van der Waals surface area contributed by atoms with Gasteiger partial charge in [0, 0.05) is 25.4 Å². The predicted octanol–water partition coefficient (Wildman–Crippen LogP) is 2.02. The second kappa shape index (κ2) is 3.01. The summed E-state index contributed by atoms with van der Waals surface area (Å²) in [5.74, 6) is 2.97. The second-order valence-electron chi connectivity index (χ2n) is 4.80. The lowest BCUT2D eigenvalue weighted by Crippen LogP contribution is -2.26. The minimum atomic E-state index is 0.698. The highest BCUT2D eigenvalue weighted by molar-refractivity contribution is 5.34. The van der Waals surface area contributed by atoms with Crippen molar-refractivity contribution in [2.24, 2.45) is 18.9 Å². The van der Waals surface area contributed by atoms with Crippen molar-refractivity contribution < 1.29 is 0 Å². The van der Waals surface area contributed by atoms with Crippen LogP contribution in [0.25, 0.3) is 0 Å². The highest BCUT2D eigenvalue weighted by atomic mass is 15.3. The molecule has 3 rings (SSSR count). The van der Waals surface area contributed by atoms with Crippen molar-refractivity contribution in [3.8, 4) is 0 Å². The number of aromatic nitrogens is 2. The Morgan fingerprint density at radius 2 is 2.36 bits per heavy atom. The topological polar surface area (TPSA) is 29.9 Å². The molecule has 0 aromatic carbocycles. The Morgan fingerprint density at radius 1 is 1.43 bits per heavy atom. The first-order valence-corrected chi connectivity index (χ1v) is 5.57. The minimum Gasteiger partial charge on any atom is -0.366 e. The fraction of sp³-hybridized carbons (Fsp3) is 0.727. The molecule has 14 heavy (non-hydrogen) atoms. The quantitative estimate of drug-likeness (QED) is 0.775. The van der Waals surface area contributed by atoms with Gasteiger partial charge >= 0.3 is 0 Å². The van der Waals surface area contributed by atoms with Crippen molar-refractivity contribution >= 4 is 5.82 Å². The number of anilines is 1. The van der Waals surface area contributed by atoms with Gasteiger partial charge in [0.2, 0.25) is 0 Å². The van der Waals surface area contributed by atoms with Crippen LogP contribution in [0.1, 0.15) is 25.7 Å². The molecule has 3 heteroatoms. The number of nitrogens with zero attached hydrogens (tertiary/aromatic N) is 2. The number of rotatable bonds is 2. The van der Waals surface area contributed by atoms with E-state index < -0.39 is 0 Å². The van der Waals surface area contributed by atoms with E-state index in [2.05, 4.69) is 16.5 Å². The maximum atomic E-state index is 4.36. The van der Waals surface area contributed by atoms with E-state index >= 15 is 0 Å². The van der Waals surface area contributed by atoms with Crippen LogP contribution in [0.4, 0.5) is 5.82 Å². The summed E-state index contributed by atoms with van der Waals surface area (Å²) in [4.78, 5) is 0. The lowest BCUT2D eigenvalue weighted by Gasteiger charge is -2.22. The summed E-state index contributed by atoms with van der Waals surface area (Å²) in [6, 6.07) is 2.76. The molecule has 0 spiro atoms. The minimum absolute atomic E-state index is 0.698. The van der Waals surface area contributed by atoms with E-state index in [9.17, 15) is 0 Å². The maximum Gasteiger partial charge on any atom is 0.148 e. The largest absolute Gasteiger partial charge is 0.366 e. The van der Waals surface area contributed by atoms with E-state index in [1.807, 2.05) is 17.9 Å². The number of hydrogen-bond acceptors (Lipinski definition) is 2. The molecular formula is C11H17N3. The van der Waals surface area contributed by atoms with Gasteiger partial charge in [-0.1, -0.05) is 6.42 Å². The van der Waals surface area contributed by atoms with Crippen LogP contribution in [-0.4, -0.2) is 15.8 Å². The third-order valence-corrected chi connectivity index (χ3v) is 3.78. The van der Waals surface area contributed by atoms with Gasteiger partial charge in [-0.15, -0.1) is 0 Å². The van der Waals surface area contributed by atoms with E-state index in [4.69, 9.17) is 0 Å². The lowest BCUT2D eigenvalue weighted by molar-refractivity contribution is 0.438. The lowest BCUT2D eigenvalue weighted by atomic mass is 9.95. The van der Waals surface area contributed by atoms with Gasteiger partial charge < -0.3 is 5.32 Å². The average molecular weight is 191 g/mol. The molecule has 2 saturated carbocycles. The molecular weight excluding hydrogens is 174 g/mol. The number of fused-ring (bicyclic) bond motifs is 2. The standard InChI is InChI=1S/C11H17N3/c1-14-5-4-11(13-14)12-10-7-8-2-3-9(10)6-8/h4-5,8-10H,2-3,6-7H2,1H3,(H,12,13)/t8-,9-,10-/m0/s1. The summed E-state index contributed by atoms with van der Waals surface area (Å²) in [7, 11) is 1.96. The molecule has 0 saturated heterocycles. The molecule has 76 valence electrons. The van der Waals surface area contributed by atoms with Crippen LogP contribution < -0.4 is 5.32 Å². The number of nitrogens with one attached hydrogen (secondary N) is 1. The molecule has 2 bridgehead atoms. The Labute approximate surface area is 84.5 Å². The Morgan fingerprint density at radius 3 is 2.93 bits per heavy atom. The fourth-order valence-corrected chi connectivity index (χ4v) is 3.10. The molecule has 3 atom stereocenters. The van der Waals surface area contributed by atoms with Crippen LogP contribution in [-0.2, 0) is 7.05 Å². The van der Waals surface area contributed by atoms with Gasteiger partial charge in [-0.05, 0) is 31.1 Å². The molecule has 0 unspecified atom stereocenters. The van der Waals surface area contributed by atoms with Crippen LogP contribution in [0.15, 0.2) is 12.3 Å². The first-order chi connectivity index (χ1) is 6.81. The van der Waals surface area contributed by atoms with Gasteiger partial charge in [0.25, 0.3) is 0 Å². The molecule has 0 radical (unpaired) electrons. The zero-order valence-corrected chi connectivity index (χ0v) is 8.61. The molecule has 1 heterocycles. The summed E-state index contributed by atoms with van der Waals surface area (Å²) in [6.45, 7) is 0. The first kappa shape index (κ1) is 8.33. The van der Waals surface area contributed by atoms with E-state index in [0.29, 0.717) is 6.04 Å². The summed E-state index contributed by atoms with van der Waals surface area (Å²) < 4.78 is 1.86. The van der Waals surface area contributed by atoms with E-state index in [0.717, 1.165) is 17.7 Å². The van der Waals surface area contributed by atoms with Gasteiger partial charge in [0.1, 0.15) is 5.82 Å². The van der Waals surface area contributed by atoms with Gasteiger partial charge in [-0.3, -0.25) is 4.68 Å². The van der Waals surface area contributed by atoms with Gasteiger partial charge in [0.15, 0.2) is 0 Å². The van der Waals surface area contributed by atoms with Crippen LogP contribution in [0.2, 0.25) is 0 Å². The molecule has 1 aromatic heterocycles. The molecule has 1 aromatic rings. The van der Waals surface area contributed by atoms with Crippen LogP contribution in [0, 0.1) is 11.8 Å². The van der Waals surface area contributed by atoms with Crippen LogP contribution in [0.3, 0.4) is 0 Å². The normalized spacial score (nSPS) is 35.1. The molecule has 0 aliphatic heterocycles. The summed E-state index contributed by atoms with van der Waals surface area (Å²) in [5, 5.41) is 7.92. The third-order valence-electron chi connectivity index (χ3n) is 3.78. The van der Waals surface area contributed by atoms with E-state index in [1.54, 1.807) is 0 Å². The monoisotopic (exact) mass is 191 g/mol. The highest BCUT2D eigenvalue weighted by Crippen LogP contribution is 2.45. The Hall–Kier alpha value is -0.990. The van der Waals surface area contributed by atoms with Crippen molar-refractivity contribution in [2.75, 3.05) is 5.32 Å². The van der Waals surface area contributed by atoms with Crippen molar-refractivity contribution in [1.82, 2.24) is 9.78 Å². The van der Waals surface area contributed by atoms with Gasteiger partial charge in [0.05, 0.1) is 0 Å². The molecule has 2 aliphatic rings. The fourth-order valence-electron chi connectivity index (χ4n) is 3.10. The average Bonchev–Trinajstić information content (AvgIpc) is 2.82. The first-order valence-electron chi connectivity index (χ1n) is 5.57. The maximum absolute atomic E-state index is 4.36. The Balaban J connectivity index is 1.68. The van der Waals surface area contributed by atoms with Gasteiger partial charge in [-0.2, -0.15) is 5.10 Å². The summed E-state index contributed by atoms with van der Waals surface area (Å²) in [6.07, 6.45) is 7.70. The molecule has 3 nitrogen and oxygen atoms in total. The van der Waals surface area contributed by atoms with Crippen molar-refractivity contribution in [3.63, 3.8) is 0 Å². The predicted molar refractivity (Wildman–Crippen MR) is 56.1 cm³/mol. The second-order valence-corrected chi connectivity index (χ2v) is 4.80.